The van der Waals surface area contributed by atoms with Crippen LogP contribution in [-0.4, -0.2) is 17.6 Å². The second-order valence-electron chi connectivity index (χ2n) is 4.51. The van der Waals surface area contributed by atoms with E-state index in [0.717, 1.165) is 35.0 Å². The van der Waals surface area contributed by atoms with Crippen LogP contribution in [0, 0.1) is 20.8 Å². The van der Waals surface area contributed by atoms with Gasteiger partial charge in [-0.2, -0.15) is 0 Å². The number of rotatable bonds is 3. The Labute approximate surface area is 106 Å². The van der Waals surface area contributed by atoms with Gasteiger partial charge in [0.15, 0.2) is 12.6 Å². The standard InChI is InChI=1S/C15H15NO2/c1-9-4-5-10(2)12(6-9)15-13(7-17)11(3)14(8-18)16-15/h4-8,16H,1-3H3. The van der Waals surface area contributed by atoms with Crippen molar-refractivity contribution in [3.8, 4) is 11.3 Å². The zero-order chi connectivity index (χ0) is 13.3. The number of aromatic amines is 1. The Kier molecular flexibility index (Phi) is 3.15. The van der Waals surface area contributed by atoms with Crippen molar-refractivity contribution >= 4 is 12.6 Å². The van der Waals surface area contributed by atoms with Gasteiger partial charge in [-0.3, -0.25) is 9.59 Å². The van der Waals surface area contributed by atoms with E-state index in [4.69, 9.17) is 0 Å². The number of benzene rings is 1. The molecule has 0 bridgehead atoms. The molecule has 2 rings (SSSR count). The average Bonchev–Trinajstić information content (AvgIpc) is 2.68. The zero-order valence-electron chi connectivity index (χ0n) is 10.7. The Bertz CT molecular complexity index is 624. The molecular weight excluding hydrogens is 226 g/mol. The van der Waals surface area contributed by atoms with Crippen LogP contribution in [0.15, 0.2) is 18.2 Å². The van der Waals surface area contributed by atoms with Crippen LogP contribution in [0.4, 0.5) is 0 Å². The highest BCUT2D eigenvalue weighted by molar-refractivity contribution is 5.93. The largest absolute Gasteiger partial charge is 0.352 e. The van der Waals surface area contributed by atoms with Crippen molar-refractivity contribution in [3.63, 3.8) is 0 Å². The van der Waals surface area contributed by atoms with Gasteiger partial charge in [-0.15, -0.1) is 0 Å². The molecule has 1 aromatic heterocycles. The van der Waals surface area contributed by atoms with Crippen molar-refractivity contribution in [2.24, 2.45) is 0 Å². The first-order valence-electron chi connectivity index (χ1n) is 5.79. The van der Waals surface area contributed by atoms with Crippen LogP contribution in [0.25, 0.3) is 11.3 Å². The SMILES string of the molecule is Cc1ccc(C)c(-c2[nH]c(C=O)c(C)c2C=O)c1. The minimum absolute atomic E-state index is 0.466. The number of aromatic nitrogens is 1. The minimum atomic E-state index is 0.466. The maximum absolute atomic E-state index is 11.2. The number of aldehydes is 2. The highest BCUT2D eigenvalue weighted by Gasteiger charge is 2.16. The van der Waals surface area contributed by atoms with E-state index in [0.29, 0.717) is 16.8 Å². The fraction of sp³-hybridized carbons (Fsp3) is 0.200. The molecular formula is C15H15NO2. The summed E-state index contributed by atoms with van der Waals surface area (Å²) in [4.78, 5) is 25.2. The van der Waals surface area contributed by atoms with Gasteiger partial charge in [0, 0.05) is 11.1 Å². The van der Waals surface area contributed by atoms with Crippen molar-refractivity contribution in [1.82, 2.24) is 4.98 Å². The Hall–Kier alpha value is -2.16. The number of hydrogen-bond acceptors (Lipinski definition) is 2. The van der Waals surface area contributed by atoms with Gasteiger partial charge in [0.25, 0.3) is 0 Å². The maximum atomic E-state index is 11.2. The molecule has 1 N–H and O–H groups in total. The summed E-state index contributed by atoms with van der Waals surface area (Å²) in [5.41, 5.74) is 5.61. The summed E-state index contributed by atoms with van der Waals surface area (Å²) in [6, 6.07) is 6.05. The van der Waals surface area contributed by atoms with Crippen molar-refractivity contribution in [2.75, 3.05) is 0 Å². The Morgan fingerprint density at radius 3 is 2.39 bits per heavy atom. The topological polar surface area (TPSA) is 49.9 Å². The molecule has 2 aromatic rings. The number of aryl methyl sites for hydroxylation is 2. The number of H-pyrrole nitrogens is 1. The molecule has 0 spiro atoms. The van der Waals surface area contributed by atoms with Gasteiger partial charge in [-0.25, -0.2) is 0 Å². The first-order valence-corrected chi connectivity index (χ1v) is 5.79. The summed E-state index contributed by atoms with van der Waals surface area (Å²) < 4.78 is 0. The monoisotopic (exact) mass is 241 g/mol. The fourth-order valence-electron chi connectivity index (χ4n) is 2.11. The van der Waals surface area contributed by atoms with E-state index in [1.165, 1.54) is 0 Å². The quantitative estimate of drug-likeness (QED) is 0.839. The molecule has 0 aliphatic rings. The molecule has 0 amide bonds. The van der Waals surface area contributed by atoms with E-state index in [1.54, 1.807) is 6.92 Å². The molecule has 0 saturated carbocycles. The lowest BCUT2D eigenvalue weighted by Gasteiger charge is -2.06. The van der Waals surface area contributed by atoms with Gasteiger partial charge in [-0.1, -0.05) is 17.7 Å². The van der Waals surface area contributed by atoms with E-state index in [2.05, 4.69) is 4.98 Å². The summed E-state index contributed by atoms with van der Waals surface area (Å²) in [5.74, 6) is 0. The van der Waals surface area contributed by atoms with Gasteiger partial charge < -0.3 is 4.98 Å². The molecule has 0 aliphatic heterocycles. The average molecular weight is 241 g/mol. The summed E-state index contributed by atoms with van der Waals surface area (Å²) in [6.45, 7) is 5.76. The van der Waals surface area contributed by atoms with Crippen LogP contribution in [0.2, 0.25) is 0 Å². The number of hydrogen-bond donors (Lipinski definition) is 1. The normalized spacial score (nSPS) is 10.4. The van der Waals surface area contributed by atoms with Crippen LogP contribution in [-0.2, 0) is 0 Å². The Morgan fingerprint density at radius 1 is 1.06 bits per heavy atom. The summed E-state index contributed by atoms with van der Waals surface area (Å²) in [5, 5.41) is 0. The van der Waals surface area contributed by atoms with E-state index in [-0.39, 0.29) is 0 Å². The van der Waals surface area contributed by atoms with Gasteiger partial charge in [0.2, 0.25) is 0 Å². The highest BCUT2D eigenvalue weighted by atomic mass is 16.1. The molecule has 0 saturated heterocycles. The maximum Gasteiger partial charge on any atom is 0.166 e. The third kappa shape index (κ3) is 1.88. The molecule has 3 nitrogen and oxygen atoms in total. The molecule has 0 radical (unpaired) electrons. The van der Waals surface area contributed by atoms with Gasteiger partial charge >= 0.3 is 0 Å². The Morgan fingerprint density at radius 2 is 1.78 bits per heavy atom. The minimum Gasteiger partial charge on any atom is -0.352 e. The molecule has 18 heavy (non-hydrogen) atoms. The van der Waals surface area contributed by atoms with E-state index >= 15 is 0 Å². The van der Waals surface area contributed by atoms with E-state index < -0.39 is 0 Å². The van der Waals surface area contributed by atoms with Crippen LogP contribution in [0.3, 0.4) is 0 Å². The van der Waals surface area contributed by atoms with Crippen molar-refractivity contribution in [1.29, 1.82) is 0 Å². The van der Waals surface area contributed by atoms with E-state index in [1.807, 2.05) is 32.0 Å². The zero-order valence-corrected chi connectivity index (χ0v) is 10.7. The van der Waals surface area contributed by atoms with Crippen molar-refractivity contribution in [3.05, 3.63) is 46.1 Å². The smallest absolute Gasteiger partial charge is 0.166 e. The van der Waals surface area contributed by atoms with Crippen LogP contribution >= 0.6 is 0 Å². The van der Waals surface area contributed by atoms with E-state index in [9.17, 15) is 9.59 Å². The van der Waals surface area contributed by atoms with Crippen LogP contribution < -0.4 is 0 Å². The molecule has 1 aromatic carbocycles. The number of carbonyl (C=O) groups excluding carboxylic acids is 2. The lowest BCUT2D eigenvalue weighted by atomic mass is 9.99. The van der Waals surface area contributed by atoms with Crippen molar-refractivity contribution < 1.29 is 9.59 Å². The molecule has 92 valence electrons. The lowest BCUT2D eigenvalue weighted by Crippen LogP contribution is -1.90. The summed E-state index contributed by atoms with van der Waals surface area (Å²) in [6.07, 6.45) is 1.55. The molecule has 0 atom stereocenters. The third-order valence-corrected chi connectivity index (χ3v) is 3.24. The number of nitrogens with one attached hydrogen (secondary N) is 1. The van der Waals surface area contributed by atoms with Crippen LogP contribution in [0.5, 0.6) is 0 Å². The van der Waals surface area contributed by atoms with Gasteiger partial charge in [-0.05, 0) is 38.0 Å². The second kappa shape index (κ2) is 4.61. The predicted octanol–water partition coefficient (Wildman–Crippen LogP) is 3.23. The molecule has 3 heteroatoms. The van der Waals surface area contributed by atoms with Crippen LogP contribution in [0.1, 0.15) is 37.5 Å². The van der Waals surface area contributed by atoms with Crippen molar-refractivity contribution in [2.45, 2.75) is 20.8 Å². The lowest BCUT2D eigenvalue weighted by molar-refractivity contribution is 0.111. The number of carbonyl (C=O) groups is 2. The summed E-state index contributed by atoms with van der Waals surface area (Å²) >= 11 is 0. The first kappa shape index (κ1) is 12.3. The molecule has 1 heterocycles. The molecule has 0 fully saturated rings. The third-order valence-electron chi connectivity index (χ3n) is 3.24. The predicted molar refractivity (Wildman–Crippen MR) is 71.2 cm³/mol. The molecule has 0 aliphatic carbocycles. The highest BCUT2D eigenvalue weighted by Crippen LogP contribution is 2.29. The van der Waals surface area contributed by atoms with Gasteiger partial charge in [0.1, 0.15) is 0 Å². The van der Waals surface area contributed by atoms with Gasteiger partial charge in [0.05, 0.1) is 11.4 Å². The fourth-order valence-corrected chi connectivity index (χ4v) is 2.11. The molecule has 0 unspecified atom stereocenters. The summed E-state index contributed by atoms with van der Waals surface area (Å²) in [7, 11) is 0. The first-order chi connectivity index (χ1) is 8.58. The second-order valence-corrected chi connectivity index (χ2v) is 4.51. The Balaban J connectivity index is 2.74.